The number of anilines is 1. The summed E-state index contributed by atoms with van der Waals surface area (Å²) in [6.07, 6.45) is 1.27. The highest BCUT2D eigenvalue weighted by Crippen LogP contribution is 2.38. The van der Waals surface area contributed by atoms with E-state index in [9.17, 15) is 19.1 Å². The smallest absolute Gasteiger partial charge is 0.355 e. The van der Waals surface area contributed by atoms with Crippen molar-refractivity contribution in [3.05, 3.63) is 82.5 Å². The number of phenols is 1. The van der Waals surface area contributed by atoms with Crippen LogP contribution in [0.1, 0.15) is 6.92 Å². The highest BCUT2D eigenvalue weighted by Gasteiger charge is 2.30. The molecule has 0 radical (unpaired) electrons. The number of benzene rings is 2. The van der Waals surface area contributed by atoms with E-state index in [0.29, 0.717) is 41.4 Å². The molecule has 1 N–H and O–H groups in total. The van der Waals surface area contributed by atoms with Crippen molar-refractivity contribution in [2.45, 2.75) is 17.9 Å². The number of nitrogens with zero attached hydrogens (tertiary/aromatic N) is 5. The summed E-state index contributed by atoms with van der Waals surface area (Å²) in [7, 11) is 0. The lowest BCUT2D eigenvalue weighted by molar-refractivity contribution is -0.126. The Kier molecular flexibility index (Phi) is 6.85. The number of hydrogen-bond acceptors (Lipinski definition) is 7. The van der Waals surface area contributed by atoms with E-state index in [1.807, 2.05) is 11.8 Å². The first-order valence-corrected chi connectivity index (χ1v) is 12.6. The van der Waals surface area contributed by atoms with Crippen LogP contribution in [-0.4, -0.2) is 56.1 Å². The van der Waals surface area contributed by atoms with E-state index in [-0.39, 0.29) is 39.6 Å². The zero-order valence-corrected chi connectivity index (χ0v) is 22.0. The SMILES string of the molecule is C=CC(=O)N1CCN(c2nc(=O)n(-c3ccccc3S)c3nc(-c4c(O)cccc4F)c(Cl)cc23)[C@@H](C)C1. The van der Waals surface area contributed by atoms with Crippen LogP contribution < -0.4 is 10.6 Å². The molecule has 11 heteroatoms. The first-order chi connectivity index (χ1) is 18.2. The molecular weight excluding hydrogens is 529 g/mol. The van der Waals surface area contributed by atoms with Crippen molar-refractivity contribution in [3.63, 3.8) is 0 Å². The number of rotatable bonds is 4. The number of piperazine rings is 1. The average molecular weight is 552 g/mol. The maximum absolute atomic E-state index is 14.8. The summed E-state index contributed by atoms with van der Waals surface area (Å²) in [5.41, 5.74) is -0.227. The molecule has 0 aliphatic carbocycles. The van der Waals surface area contributed by atoms with Crippen molar-refractivity contribution in [2.75, 3.05) is 24.5 Å². The minimum atomic E-state index is -0.715. The number of aromatic nitrogens is 3. The van der Waals surface area contributed by atoms with Gasteiger partial charge in [0.15, 0.2) is 5.65 Å². The number of amides is 1. The molecule has 1 amide bonds. The molecule has 0 saturated carbocycles. The van der Waals surface area contributed by atoms with E-state index in [1.54, 1.807) is 35.2 Å². The van der Waals surface area contributed by atoms with Gasteiger partial charge in [-0.1, -0.05) is 36.4 Å². The van der Waals surface area contributed by atoms with Crippen molar-refractivity contribution in [1.29, 1.82) is 0 Å². The van der Waals surface area contributed by atoms with Gasteiger partial charge in [0.05, 0.1) is 27.4 Å². The number of hydrogen-bond donors (Lipinski definition) is 2. The Morgan fingerprint density at radius 1 is 1.21 bits per heavy atom. The van der Waals surface area contributed by atoms with Gasteiger partial charge in [0, 0.05) is 30.6 Å². The Balaban J connectivity index is 1.78. The van der Waals surface area contributed by atoms with E-state index in [1.165, 1.54) is 28.8 Å². The number of carbonyl (C=O) groups excluding carboxylic acids is 1. The molecule has 1 saturated heterocycles. The third-order valence-corrected chi connectivity index (χ3v) is 7.20. The molecule has 38 heavy (non-hydrogen) atoms. The van der Waals surface area contributed by atoms with Crippen molar-refractivity contribution >= 4 is 47.0 Å². The Labute approximate surface area is 228 Å². The summed E-state index contributed by atoms with van der Waals surface area (Å²) in [4.78, 5) is 38.9. The van der Waals surface area contributed by atoms with Crippen LogP contribution in [-0.2, 0) is 4.79 Å². The molecule has 2 aromatic heterocycles. The van der Waals surface area contributed by atoms with Gasteiger partial charge in [0.25, 0.3) is 0 Å². The molecule has 4 aromatic rings. The zero-order valence-electron chi connectivity index (χ0n) is 20.3. The first-order valence-electron chi connectivity index (χ1n) is 11.8. The van der Waals surface area contributed by atoms with Gasteiger partial charge >= 0.3 is 5.69 Å². The summed E-state index contributed by atoms with van der Waals surface area (Å²) in [5, 5.41) is 10.9. The molecule has 1 aliphatic heterocycles. The molecular formula is C27H23ClFN5O3S. The van der Waals surface area contributed by atoms with Gasteiger partial charge in [0.1, 0.15) is 17.4 Å². The van der Waals surface area contributed by atoms with Gasteiger partial charge in [-0.2, -0.15) is 4.98 Å². The number of para-hydroxylation sites is 1. The van der Waals surface area contributed by atoms with E-state index in [4.69, 9.17) is 11.6 Å². The second-order valence-electron chi connectivity index (χ2n) is 8.90. The third kappa shape index (κ3) is 4.39. The van der Waals surface area contributed by atoms with Crippen LogP contribution in [0.15, 0.2) is 70.9 Å². The lowest BCUT2D eigenvalue weighted by Crippen LogP contribution is -2.54. The van der Waals surface area contributed by atoms with E-state index >= 15 is 0 Å². The van der Waals surface area contributed by atoms with Crippen molar-refractivity contribution in [3.8, 4) is 22.7 Å². The summed E-state index contributed by atoms with van der Waals surface area (Å²) >= 11 is 11.1. The fraction of sp³-hybridized carbons (Fsp3) is 0.185. The molecule has 194 valence electrons. The Hall–Kier alpha value is -3.89. The molecule has 5 rings (SSSR count). The topological polar surface area (TPSA) is 91.6 Å². The largest absolute Gasteiger partial charge is 0.507 e. The number of phenolic OH excluding ortho intramolecular Hbond substituents is 1. The normalized spacial score (nSPS) is 15.6. The van der Waals surface area contributed by atoms with Crippen LogP contribution in [0.4, 0.5) is 10.2 Å². The monoisotopic (exact) mass is 551 g/mol. The summed E-state index contributed by atoms with van der Waals surface area (Å²) in [5.74, 6) is -0.884. The van der Waals surface area contributed by atoms with Crippen LogP contribution in [0.25, 0.3) is 28.0 Å². The number of fused-ring (bicyclic) bond motifs is 1. The Morgan fingerprint density at radius 2 is 1.97 bits per heavy atom. The second kappa shape index (κ2) is 10.1. The molecule has 0 spiro atoms. The maximum Gasteiger partial charge on any atom is 0.355 e. The van der Waals surface area contributed by atoms with Crippen LogP contribution >= 0.6 is 24.2 Å². The highest BCUT2D eigenvalue weighted by atomic mass is 35.5. The predicted molar refractivity (Wildman–Crippen MR) is 148 cm³/mol. The molecule has 1 atom stereocenters. The molecule has 1 aliphatic rings. The first kappa shape index (κ1) is 25.7. The standard InChI is InChI=1S/C27H23ClFN5O3S/c1-3-22(36)32-11-12-33(15(2)14-32)25-16-13-17(28)24(23-18(29)7-6-9-20(23)35)30-26(16)34(27(37)31-25)19-8-4-5-10-21(19)38/h3-10,13,15,35,38H,1,11-12,14H2,2H3/t15-/m0/s1. The van der Waals surface area contributed by atoms with Gasteiger partial charge in [-0.05, 0) is 43.3 Å². The maximum atomic E-state index is 14.8. The minimum Gasteiger partial charge on any atom is -0.507 e. The number of pyridine rings is 1. The molecule has 0 unspecified atom stereocenters. The van der Waals surface area contributed by atoms with Crippen LogP contribution in [0.2, 0.25) is 5.02 Å². The highest BCUT2D eigenvalue weighted by molar-refractivity contribution is 7.80. The summed E-state index contributed by atoms with van der Waals surface area (Å²) in [6, 6.07) is 12.2. The zero-order chi connectivity index (χ0) is 27.1. The van der Waals surface area contributed by atoms with E-state index < -0.39 is 11.5 Å². The van der Waals surface area contributed by atoms with Gasteiger partial charge in [-0.25, -0.2) is 18.7 Å². The number of aromatic hydroxyl groups is 1. The number of carbonyl (C=O) groups is 1. The van der Waals surface area contributed by atoms with E-state index in [2.05, 4.69) is 29.2 Å². The molecule has 8 nitrogen and oxygen atoms in total. The van der Waals surface area contributed by atoms with Crippen LogP contribution in [0.5, 0.6) is 5.75 Å². The Bertz CT molecular complexity index is 1640. The van der Waals surface area contributed by atoms with Crippen molar-refractivity contribution in [1.82, 2.24) is 19.4 Å². The van der Waals surface area contributed by atoms with Gasteiger partial charge in [-0.3, -0.25) is 4.79 Å². The second-order valence-corrected chi connectivity index (χ2v) is 9.79. The summed E-state index contributed by atoms with van der Waals surface area (Å²) in [6.45, 7) is 6.69. The minimum absolute atomic E-state index is 0.0221. The average Bonchev–Trinajstić information content (AvgIpc) is 2.89. The fourth-order valence-corrected chi connectivity index (χ4v) is 5.23. The lowest BCUT2D eigenvalue weighted by atomic mass is 10.1. The lowest BCUT2D eigenvalue weighted by Gasteiger charge is -2.40. The molecule has 0 bridgehead atoms. The van der Waals surface area contributed by atoms with Crippen molar-refractivity contribution < 1.29 is 14.3 Å². The number of thiol groups is 1. The van der Waals surface area contributed by atoms with Crippen LogP contribution in [0, 0.1) is 5.82 Å². The van der Waals surface area contributed by atoms with Gasteiger partial charge in [0.2, 0.25) is 5.91 Å². The molecule has 3 heterocycles. The van der Waals surface area contributed by atoms with Crippen molar-refractivity contribution in [2.24, 2.45) is 0 Å². The third-order valence-electron chi connectivity index (χ3n) is 6.54. The van der Waals surface area contributed by atoms with Gasteiger partial charge in [-0.15, -0.1) is 12.6 Å². The van der Waals surface area contributed by atoms with Crippen LogP contribution in [0.3, 0.4) is 0 Å². The number of halogens is 2. The summed E-state index contributed by atoms with van der Waals surface area (Å²) < 4.78 is 16.1. The Morgan fingerprint density at radius 3 is 2.66 bits per heavy atom. The fourth-order valence-electron chi connectivity index (χ4n) is 4.72. The van der Waals surface area contributed by atoms with Gasteiger partial charge < -0.3 is 14.9 Å². The quantitative estimate of drug-likeness (QED) is 0.287. The molecule has 2 aromatic carbocycles. The predicted octanol–water partition coefficient (Wildman–Crippen LogP) is 4.46. The van der Waals surface area contributed by atoms with E-state index in [0.717, 1.165) is 0 Å². The molecule has 1 fully saturated rings.